The Morgan fingerprint density at radius 1 is 0.833 bits per heavy atom. The number of aromatic amines is 2. The van der Waals surface area contributed by atoms with Crippen molar-refractivity contribution in [3.05, 3.63) is 108 Å². The predicted octanol–water partition coefficient (Wildman–Crippen LogP) is 8.28. The van der Waals surface area contributed by atoms with E-state index in [0.717, 1.165) is 58.1 Å². The molecule has 2 aliphatic heterocycles. The lowest BCUT2D eigenvalue weighted by atomic mass is 10.0. The van der Waals surface area contributed by atoms with Gasteiger partial charge < -0.3 is 19.8 Å². The van der Waals surface area contributed by atoms with Crippen molar-refractivity contribution in [3.8, 4) is 33.6 Å². The highest BCUT2D eigenvalue weighted by atomic mass is 19.4. The summed E-state index contributed by atoms with van der Waals surface area (Å²) in [6.07, 6.45) is -0.957. The van der Waals surface area contributed by atoms with E-state index in [4.69, 9.17) is 9.72 Å². The number of aromatic nitrogens is 4. The van der Waals surface area contributed by atoms with Gasteiger partial charge in [0.1, 0.15) is 29.8 Å². The topological polar surface area (TPSA) is 110 Å². The number of nitrogens with zero attached hydrogens (tertiary/aromatic N) is 4. The van der Waals surface area contributed by atoms with E-state index in [0.29, 0.717) is 31.7 Å². The number of nitrogens with one attached hydrogen (secondary N) is 2. The molecule has 1 amide bonds. The molecule has 12 heteroatoms. The van der Waals surface area contributed by atoms with Crippen LogP contribution in [0.2, 0.25) is 0 Å². The van der Waals surface area contributed by atoms with E-state index < -0.39 is 24.0 Å². The number of carboxylic acid groups (broad SMARTS) is 1. The van der Waals surface area contributed by atoms with Crippen molar-refractivity contribution in [2.45, 2.75) is 50.6 Å². The van der Waals surface area contributed by atoms with Crippen molar-refractivity contribution >= 4 is 6.09 Å². The zero-order valence-electron chi connectivity index (χ0n) is 26.1. The number of benzene rings is 3. The van der Waals surface area contributed by atoms with Crippen LogP contribution in [0.5, 0.6) is 0 Å². The fourth-order valence-electron chi connectivity index (χ4n) is 6.70. The number of amides is 1. The highest BCUT2D eigenvalue weighted by Gasteiger charge is 2.40. The molecular weight excluding hydrogens is 621 g/mol. The second kappa shape index (κ2) is 13.3. The molecule has 2 fully saturated rings. The second-order valence-electron chi connectivity index (χ2n) is 12.2. The van der Waals surface area contributed by atoms with Crippen molar-refractivity contribution in [1.82, 2.24) is 29.7 Å². The minimum atomic E-state index is -4.68. The Morgan fingerprint density at radius 2 is 1.48 bits per heavy atom. The zero-order valence-corrected chi connectivity index (χ0v) is 26.1. The average Bonchev–Trinajstić information content (AvgIpc) is 3.91. The van der Waals surface area contributed by atoms with Crippen molar-refractivity contribution < 1.29 is 27.8 Å². The van der Waals surface area contributed by atoms with Gasteiger partial charge in [-0.2, -0.15) is 13.2 Å². The van der Waals surface area contributed by atoms with Crippen LogP contribution in [0.4, 0.5) is 18.0 Å². The summed E-state index contributed by atoms with van der Waals surface area (Å²) in [5.74, 6) is 0.921. The van der Waals surface area contributed by atoms with Crippen LogP contribution in [0.15, 0.2) is 85.1 Å². The maximum atomic E-state index is 14.0. The molecule has 0 radical (unpaired) electrons. The molecule has 48 heavy (non-hydrogen) atoms. The third kappa shape index (κ3) is 6.58. The number of halogens is 3. The van der Waals surface area contributed by atoms with E-state index in [-0.39, 0.29) is 24.1 Å². The number of likely N-dealkylation sites (tertiary alicyclic amines) is 2. The minimum Gasteiger partial charge on any atom is -0.465 e. The van der Waals surface area contributed by atoms with Crippen LogP contribution < -0.4 is 0 Å². The molecule has 2 aliphatic rings. The molecule has 5 aromatic rings. The highest BCUT2D eigenvalue weighted by molar-refractivity contribution is 5.72. The minimum absolute atomic E-state index is 0.0101. The molecule has 0 unspecified atom stereocenters. The maximum absolute atomic E-state index is 14.0. The summed E-state index contributed by atoms with van der Waals surface area (Å²) in [6.45, 7) is 2.31. The van der Waals surface area contributed by atoms with Gasteiger partial charge >= 0.3 is 12.3 Å². The summed E-state index contributed by atoms with van der Waals surface area (Å²) in [5.41, 5.74) is 3.84. The molecule has 9 nitrogen and oxygen atoms in total. The lowest BCUT2D eigenvalue weighted by Gasteiger charge is -2.22. The van der Waals surface area contributed by atoms with Gasteiger partial charge in [-0.05, 0) is 47.9 Å². The Balaban J connectivity index is 1.03. The lowest BCUT2D eigenvalue weighted by molar-refractivity contribution is -0.140. The number of hydrogen-bond donors (Lipinski definition) is 3. The normalized spacial score (nSPS) is 18.5. The van der Waals surface area contributed by atoms with Crippen molar-refractivity contribution in [2.24, 2.45) is 0 Å². The summed E-state index contributed by atoms with van der Waals surface area (Å²) in [5, 5.41) is 9.48. The fourth-order valence-corrected chi connectivity index (χ4v) is 6.70. The third-order valence-electron chi connectivity index (χ3n) is 9.15. The van der Waals surface area contributed by atoms with E-state index in [1.807, 2.05) is 48.7 Å². The molecule has 248 valence electrons. The van der Waals surface area contributed by atoms with Gasteiger partial charge in [0.2, 0.25) is 0 Å². The largest absolute Gasteiger partial charge is 0.465 e. The van der Waals surface area contributed by atoms with E-state index in [1.165, 1.54) is 0 Å². The number of ether oxygens (including phenoxy) is 1. The molecule has 2 aromatic heterocycles. The first kappa shape index (κ1) is 31.6. The van der Waals surface area contributed by atoms with Gasteiger partial charge in [0.15, 0.2) is 0 Å². The van der Waals surface area contributed by atoms with Gasteiger partial charge in [-0.15, -0.1) is 0 Å². The molecule has 3 aromatic carbocycles. The van der Waals surface area contributed by atoms with E-state index >= 15 is 0 Å². The molecule has 7 rings (SSSR count). The first-order chi connectivity index (χ1) is 23.2. The molecule has 2 saturated heterocycles. The smallest absolute Gasteiger partial charge is 0.433 e. The Morgan fingerprint density at radius 3 is 2.17 bits per heavy atom. The van der Waals surface area contributed by atoms with Crippen molar-refractivity contribution in [3.63, 3.8) is 0 Å². The molecule has 0 saturated carbocycles. The van der Waals surface area contributed by atoms with Gasteiger partial charge in [0, 0.05) is 18.7 Å². The molecule has 4 heterocycles. The standard InChI is InChI=1S/C36H35F3N6O3/c37-36(38,39)32-31(42-34(43-32)30-9-5-19-45(30)35(46)47)27-16-12-25(13-17-27)24-10-14-26(15-11-24)28-20-40-33(41-28)29-8-4-18-44(29)22-48-21-23-6-2-1-3-7-23/h1-3,6-7,10-17,20,29-30H,4-5,8-9,18-19,21-22H2,(H,40,41)(H,42,43)(H,46,47)/t29-,30-/m0/s1. The number of rotatable bonds is 9. The van der Waals surface area contributed by atoms with Gasteiger partial charge in [-0.25, -0.2) is 14.8 Å². The van der Waals surface area contributed by atoms with Crippen LogP contribution in [-0.4, -0.2) is 60.8 Å². The summed E-state index contributed by atoms with van der Waals surface area (Å²) in [4.78, 5) is 29.9. The van der Waals surface area contributed by atoms with Gasteiger partial charge in [-0.3, -0.25) is 9.80 Å². The Bertz CT molecular complexity index is 1850. The van der Waals surface area contributed by atoms with Gasteiger partial charge in [0.05, 0.1) is 30.6 Å². The van der Waals surface area contributed by atoms with Crippen LogP contribution >= 0.6 is 0 Å². The van der Waals surface area contributed by atoms with Crippen LogP contribution in [0.3, 0.4) is 0 Å². The van der Waals surface area contributed by atoms with Crippen LogP contribution in [0.1, 0.15) is 60.7 Å². The second-order valence-corrected chi connectivity index (χ2v) is 12.2. The monoisotopic (exact) mass is 656 g/mol. The Hall–Kier alpha value is -4.94. The number of carbonyl (C=O) groups is 1. The van der Waals surface area contributed by atoms with E-state index in [2.05, 4.69) is 32.0 Å². The lowest BCUT2D eigenvalue weighted by Crippen LogP contribution is -2.29. The molecule has 2 atom stereocenters. The van der Waals surface area contributed by atoms with E-state index in [1.54, 1.807) is 24.3 Å². The average molecular weight is 657 g/mol. The van der Waals surface area contributed by atoms with E-state index in [9.17, 15) is 23.1 Å². The quantitative estimate of drug-likeness (QED) is 0.147. The van der Waals surface area contributed by atoms with Gasteiger partial charge in [-0.1, -0.05) is 78.9 Å². The highest BCUT2D eigenvalue weighted by Crippen LogP contribution is 2.40. The number of alkyl halides is 3. The zero-order chi connectivity index (χ0) is 33.3. The summed E-state index contributed by atoms with van der Waals surface area (Å²) in [7, 11) is 0. The fraction of sp³-hybridized carbons (Fsp3) is 0.306. The first-order valence-corrected chi connectivity index (χ1v) is 16.0. The summed E-state index contributed by atoms with van der Waals surface area (Å²) >= 11 is 0. The number of hydrogen-bond acceptors (Lipinski definition) is 5. The Kier molecular flexibility index (Phi) is 8.76. The molecular formula is C36H35F3N6O3. The number of imidazole rings is 2. The van der Waals surface area contributed by atoms with Crippen molar-refractivity contribution in [2.75, 3.05) is 19.8 Å². The summed E-state index contributed by atoms with van der Waals surface area (Å²) in [6, 6.07) is 24.2. The first-order valence-electron chi connectivity index (χ1n) is 16.0. The SMILES string of the molecule is O=C(O)N1CCC[C@H]1c1nc(-c2ccc(-c3ccc(-c4cnc([C@@H]5CCCN5COCc5ccccc5)[nH]4)cc3)cc2)c(C(F)(F)F)[nH]1. The molecule has 0 bridgehead atoms. The molecule has 0 spiro atoms. The van der Waals surface area contributed by atoms with Crippen molar-refractivity contribution in [1.29, 1.82) is 0 Å². The Labute approximate surface area is 275 Å². The van der Waals surface area contributed by atoms with Crippen LogP contribution in [0, 0.1) is 0 Å². The number of H-pyrrole nitrogens is 2. The van der Waals surface area contributed by atoms with Crippen LogP contribution in [-0.2, 0) is 17.5 Å². The maximum Gasteiger partial charge on any atom is 0.433 e. The molecule has 0 aliphatic carbocycles. The third-order valence-corrected chi connectivity index (χ3v) is 9.15. The van der Waals surface area contributed by atoms with Crippen LogP contribution in [0.25, 0.3) is 33.6 Å². The molecule has 3 N–H and O–H groups in total. The summed E-state index contributed by atoms with van der Waals surface area (Å²) < 4.78 is 48.0. The predicted molar refractivity (Wildman–Crippen MR) is 174 cm³/mol. The van der Waals surface area contributed by atoms with Gasteiger partial charge in [0.25, 0.3) is 0 Å².